The molecule has 2 rings (SSSR count). The van der Waals surface area contributed by atoms with Crippen molar-refractivity contribution in [2.75, 3.05) is 6.61 Å². The van der Waals surface area contributed by atoms with Crippen LogP contribution < -0.4 is 5.73 Å². The van der Waals surface area contributed by atoms with Gasteiger partial charge in [-0.2, -0.15) is 13.2 Å². The summed E-state index contributed by atoms with van der Waals surface area (Å²) in [4.78, 5) is 3.62. The number of nitrogens with one attached hydrogen (secondary N) is 1. The summed E-state index contributed by atoms with van der Waals surface area (Å²) in [6, 6.07) is 2.04. The Morgan fingerprint density at radius 3 is 2.70 bits per heavy atom. The van der Waals surface area contributed by atoms with E-state index in [0.29, 0.717) is 6.61 Å². The maximum atomic E-state index is 12.7. The predicted octanol–water partition coefficient (Wildman–Crippen LogP) is 2.65. The molecule has 8 heteroatoms. The van der Waals surface area contributed by atoms with E-state index < -0.39 is 11.9 Å². The molecule has 0 amide bonds. The zero-order valence-electron chi connectivity index (χ0n) is 10.7. The molecule has 1 fully saturated rings. The predicted molar refractivity (Wildman–Crippen MR) is 69.9 cm³/mol. The average Bonchev–Trinajstić information content (AvgIpc) is 2.73. The lowest BCUT2D eigenvalue weighted by molar-refractivity contribution is -0.141. The summed E-state index contributed by atoms with van der Waals surface area (Å²) in [7, 11) is 0. The number of nitrogens with two attached hydrogens (primary N) is 1. The van der Waals surface area contributed by atoms with E-state index in [2.05, 4.69) is 4.98 Å². The fourth-order valence-corrected chi connectivity index (χ4v) is 3.13. The van der Waals surface area contributed by atoms with E-state index >= 15 is 0 Å². The van der Waals surface area contributed by atoms with Crippen molar-refractivity contribution in [2.24, 2.45) is 5.73 Å². The van der Waals surface area contributed by atoms with Crippen LogP contribution in [0.2, 0.25) is 0 Å². The van der Waals surface area contributed by atoms with Crippen LogP contribution in [-0.2, 0) is 10.9 Å². The molecule has 1 aliphatic rings. The first kappa shape index (κ1) is 15.1. The number of nitrogens with zero attached hydrogens (tertiary/aromatic N) is 1. The Labute approximate surface area is 118 Å². The summed E-state index contributed by atoms with van der Waals surface area (Å²) in [5, 5.41) is 7.59. The van der Waals surface area contributed by atoms with Gasteiger partial charge in [-0.25, -0.2) is 4.98 Å². The van der Waals surface area contributed by atoms with Crippen molar-refractivity contribution in [2.45, 2.75) is 35.9 Å². The molecule has 1 saturated heterocycles. The number of ether oxygens (including phenoxy) is 1. The normalized spacial score (nSPS) is 23.0. The van der Waals surface area contributed by atoms with Gasteiger partial charge < -0.3 is 10.5 Å². The lowest BCUT2D eigenvalue weighted by Crippen LogP contribution is -2.19. The molecule has 2 heterocycles. The van der Waals surface area contributed by atoms with Crippen molar-refractivity contribution in [3.05, 3.63) is 23.4 Å². The van der Waals surface area contributed by atoms with Crippen molar-refractivity contribution >= 4 is 17.6 Å². The number of pyridine rings is 1. The number of hydrogen-bond acceptors (Lipinski definition) is 4. The van der Waals surface area contributed by atoms with Gasteiger partial charge in [-0.05, 0) is 25.5 Å². The first-order valence-corrected chi connectivity index (χ1v) is 6.88. The van der Waals surface area contributed by atoms with E-state index in [0.717, 1.165) is 12.5 Å². The van der Waals surface area contributed by atoms with Gasteiger partial charge in [0.25, 0.3) is 0 Å². The number of thioether (sulfide) groups is 1. The van der Waals surface area contributed by atoms with E-state index in [1.54, 1.807) is 0 Å². The molecule has 2 unspecified atom stereocenters. The van der Waals surface area contributed by atoms with Crippen LogP contribution in [0, 0.1) is 5.41 Å². The van der Waals surface area contributed by atoms with Crippen LogP contribution in [0.5, 0.6) is 0 Å². The van der Waals surface area contributed by atoms with Gasteiger partial charge in [-0.1, -0.05) is 11.8 Å². The minimum absolute atomic E-state index is 0.0177. The quantitative estimate of drug-likeness (QED) is 0.665. The van der Waals surface area contributed by atoms with Crippen LogP contribution in [0.1, 0.15) is 24.6 Å². The van der Waals surface area contributed by atoms with Gasteiger partial charge in [0.2, 0.25) is 0 Å². The number of alkyl halides is 3. The first-order chi connectivity index (χ1) is 9.29. The molecule has 1 aliphatic heterocycles. The Kier molecular flexibility index (Phi) is 4.24. The Morgan fingerprint density at radius 1 is 1.50 bits per heavy atom. The zero-order chi connectivity index (χ0) is 14.9. The number of rotatable bonds is 3. The van der Waals surface area contributed by atoms with Crippen LogP contribution in [0.25, 0.3) is 0 Å². The molecular weight excluding hydrogens is 291 g/mol. The molecule has 110 valence electrons. The molecule has 0 radical (unpaired) electrons. The molecule has 0 aliphatic carbocycles. The molecule has 1 aromatic rings. The topological polar surface area (TPSA) is 72.0 Å². The van der Waals surface area contributed by atoms with Crippen molar-refractivity contribution in [1.29, 1.82) is 5.41 Å². The molecule has 0 saturated carbocycles. The van der Waals surface area contributed by atoms with Gasteiger partial charge >= 0.3 is 6.18 Å². The second kappa shape index (κ2) is 5.61. The van der Waals surface area contributed by atoms with Crippen molar-refractivity contribution < 1.29 is 17.9 Å². The van der Waals surface area contributed by atoms with Crippen LogP contribution >= 0.6 is 11.8 Å². The van der Waals surface area contributed by atoms with E-state index in [4.69, 9.17) is 15.9 Å². The Balaban J connectivity index is 2.34. The minimum atomic E-state index is -4.51. The second-order valence-electron chi connectivity index (χ2n) is 4.48. The van der Waals surface area contributed by atoms with Gasteiger partial charge in [-0.3, -0.25) is 5.41 Å². The number of aromatic nitrogens is 1. The van der Waals surface area contributed by atoms with Crippen LogP contribution in [-0.4, -0.2) is 28.8 Å². The van der Waals surface area contributed by atoms with Crippen LogP contribution in [0.3, 0.4) is 0 Å². The Bertz CT molecular complexity index is 521. The van der Waals surface area contributed by atoms with Crippen molar-refractivity contribution in [3.8, 4) is 0 Å². The maximum absolute atomic E-state index is 12.7. The smallest absolute Gasteiger partial charge is 0.384 e. The molecule has 0 bridgehead atoms. The summed E-state index contributed by atoms with van der Waals surface area (Å²) in [5.74, 6) is -0.291. The summed E-state index contributed by atoms with van der Waals surface area (Å²) in [5.41, 5.74) is 4.65. The third-order valence-corrected chi connectivity index (χ3v) is 4.47. The Hall–Kier alpha value is -1.28. The molecular formula is C12H14F3N3OS. The maximum Gasteiger partial charge on any atom is 0.433 e. The summed E-state index contributed by atoms with van der Waals surface area (Å²) >= 11 is 1.19. The first-order valence-electron chi connectivity index (χ1n) is 6.00. The SMILES string of the molecule is CC1OCCC1Sc1nc(C(F)(F)F)ccc1C(=N)N. The number of hydrogen-bond donors (Lipinski definition) is 2. The highest BCUT2D eigenvalue weighted by molar-refractivity contribution is 8.00. The van der Waals surface area contributed by atoms with Gasteiger partial charge in [0.1, 0.15) is 16.6 Å². The molecule has 3 N–H and O–H groups in total. The number of amidine groups is 1. The van der Waals surface area contributed by atoms with Gasteiger partial charge in [0, 0.05) is 17.4 Å². The van der Waals surface area contributed by atoms with E-state index in [-0.39, 0.29) is 27.8 Å². The fourth-order valence-electron chi connectivity index (χ4n) is 1.90. The van der Waals surface area contributed by atoms with Crippen molar-refractivity contribution in [1.82, 2.24) is 4.98 Å². The number of halogens is 3. The third-order valence-electron chi connectivity index (χ3n) is 3.01. The molecule has 20 heavy (non-hydrogen) atoms. The highest BCUT2D eigenvalue weighted by Crippen LogP contribution is 2.36. The van der Waals surface area contributed by atoms with Gasteiger partial charge in [-0.15, -0.1) is 0 Å². The minimum Gasteiger partial charge on any atom is -0.384 e. The zero-order valence-corrected chi connectivity index (χ0v) is 11.5. The van der Waals surface area contributed by atoms with Gasteiger partial charge in [0.05, 0.1) is 6.10 Å². The molecule has 0 spiro atoms. The molecule has 2 atom stereocenters. The largest absolute Gasteiger partial charge is 0.433 e. The monoisotopic (exact) mass is 305 g/mol. The van der Waals surface area contributed by atoms with Crippen LogP contribution in [0.15, 0.2) is 17.2 Å². The highest BCUT2D eigenvalue weighted by atomic mass is 32.2. The van der Waals surface area contributed by atoms with E-state index in [9.17, 15) is 13.2 Å². The standard InChI is InChI=1S/C12H14F3N3OS/c1-6-8(4-5-19-6)20-11-7(10(16)17)2-3-9(18-11)12(13,14)15/h2-3,6,8H,4-5H2,1H3,(H3,16,17). The lowest BCUT2D eigenvalue weighted by atomic mass is 10.2. The molecule has 0 aromatic carbocycles. The third kappa shape index (κ3) is 3.24. The summed E-state index contributed by atoms with van der Waals surface area (Å²) in [6.07, 6.45) is -3.83. The van der Waals surface area contributed by atoms with E-state index in [1.165, 1.54) is 17.8 Å². The number of nitrogen functional groups attached to an aromatic ring is 1. The van der Waals surface area contributed by atoms with Crippen molar-refractivity contribution in [3.63, 3.8) is 0 Å². The van der Waals surface area contributed by atoms with Gasteiger partial charge in [0.15, 0.2) is 0 Å². The fraction of sp³-hybridized carbons (Fsp3) is 0.500. The van der Waals surface area contributed by atoms with Crippen LogP contribution in [0.4, 0.5) is 13.2 Å². The summed E-state index contributed by atoms with van der Waals surface area (Å²) in [6.45, 7) is 2.44. The summed E-state index contributed by atoms with van der Waals surface area (Å²) < 4.78 is 43.5. The van der Waals surface area contributed by atoms with E-state index in [1.807, 2.05) is 6.92 Å². The molecule has 4 nitrogen and oxygen atoms in total. The average molecular weight is 305 g/mol. The highest BCUT2D eigenvalue weighted by Gasteiger charge is 2.34. The molecule has 1 aromatic heterocycles. The lowest BCUT2D eigenvalue weighted by Gasteiger charge is -2.16. The Morgan fingerprint density at radius 2 is 2.20 bits per heavy atom. The second-order valence-corrected chi connectivity index (χ2v) is 5.71.